The summed E-state index contributed by atoms with van der Waals surface area (Å²) in [6, 6.07) is 0. The Kier molecular flexibility index (Phi) is 0.911. The van der Waals surface area contributed by atoms with Crippen LogP contribution in [-0.4, -0.2) is 24.4 Å². The summed E-state index contributed by atoms with van der Waals surface area (Å²) >= 11 is 0. The molecule has 1 atom stereocenters. The van der Waals surface area contributed by atoms with Crippen LogP contribution in [-0.2, 0) is 4.79 Å². The van der Waals surface area contributed by atoms with Crippen LogP contribution in [0, 0.1) is 0 Å². The molecule has 0 aromatic rings. The molecule has 0 aromatic heterocycles. The molecule has 0 bridgehead atoms. The Morgan fingerprint density at radius 1 is 1.75 bits per heavy atom. The van der Waals surface area contributed by atoms with E-state index in [1.165, 1.54) is 13.4 Å². The molecule has 1 rings (SSSR count). The molecular weight excluding hydrogens is 108 g/mol. The van der Waals surface area contributed by atoms with Crippen LogP contribution in [0.15, 0.2) is 15.5 Å². The molecule has 0 N–H and O–H groups in total. The third kappa shape index (κ3) is 0.627. The monoisotopic (exact) mass is 112 g/mol. The van der Waals surface area contributed by atoms with Gasteiger partial charge < -0.3 is 0 Å². The highest BCUT2D eigenvalue weighted by molar-refractivity contribution is 5.59. The molecule has 0 saturated heterocycles. The Bertz CT molecular complexity index is 149. The van der Waals surface area contributed by atoms with Crippen LogP contribution in [0.2, 0.25) is 0 Å². The van der Waals surface area contributed by atoms with Gasteiger partial charge in [0.15, 0.2) is 0 Å². The van der Waals surface area contributed by atoms with E-state index < -0.39 is 0 Å². The van der Waals surface area contributed by atoms with E-state index in [0.29, 0.717) is 0 Å². The van der Waals surface area contributed by atoms with Crippen LogP contribution >= 0.6 is 0 Å². The van der Waals surface area contributed by atoms with Crippen LogP contribution in [0.25, 0.3) is 0 Å². The summed E-state index contributed by atoms with van der Waals surface area (Å²) in [6.07, 6.45) is 2.90. The van der Waals surface area contributed by atoms with Crippen LogP contribution in [0.5, 0.6) is 0 Å². The Balaban J connectivity index is 2.83. The normalized spacial score (nSPS) is 33.6. The molecule has 1 aliphatic rings. The van der Waals surface area contributed by atoms with E-state index in [1.807, 2.05) is 0 Å². The second-order valence-electron chi connectivity index (χ2n) is 1.53. The molecule has 0 aliphatic carbocycles. The van der Waals surface area contributed by atoms with E-state index in [0.717, 1.165) is 0 Å². The molecular formula is C3H4N4O+. The zero-order valence-electron chi connectivity index (χ0n) is 4.27. The van der Waals surface area contributed by atoms with Crippen molar-refractivity contribution in [3.8, 4) is 0 Å². The minimum absolute atomic E-state index is 0.319. The molecule has 1 radical (unpaired) electrons. The van der Waals surface area contributed by atoms with E-state index in [4.69, 9.17) is 0 Å². The molecule has 0 fully saturated rings. The molecule has 1 amide bonds. The van der Waals surface area contributed by atoms with Crippen LogP contribution < -0.4 is 0 Å². The summed E-state index contributed by atoms with van der Waals surface area (Å²) in [5, 5.41) is 9.96. The fraction of sp³-hybridized carbons (Fsp3) is 0.333. The van der Waals surface area contributed by atoms with Crippen molar-refractivity contribution in [1.29, 1.82) is 0 Å². The molecule has 5 heteroatoms. The number of amides is 1. The molecule has 5 nitrogen and oxygen atoms in total. The number of hydrogen-bond donors (Lipinski definition) is 0. The van der Waals surface area contributed by atoms with E-state index in [9.17, 15) is 4.79 Å². The average Bonchev–Trinajstić information content (AvgIpc) is 2.17. The van der Waals surface area contributed by atoms with E-state index in [2.05, 4.69) is 15.5 Å². The zero-order chi connectivity index (χ0) is 6.04. The quantitative estimate of drug-likeness (QED) is 0.434. The minimum atomic E-state index is -0.319. The first-order valence-corrected chi connectivity index (χ1v) is 1.99. The van der Waals surface area contributed by atoms with Crippen LogP contribution in [0.4, 0.5) is 0 Å². The third-order valence-corrected chi connectivity index (χ3v) is 0.739. The van der Waals surface area contributed by atoms with Crippen LogP contribution in [0.3, 0.4) is 0 Å². The summed E-state index contributed by atoms with van der Waals surface area (Å²) in [5.74, 6) is 0. The molecule has 1 heterocycles. The number of nitrogens with zero attached hydrogens (tertiary/aromatic N) is 4. The van der Waals surface area contributed by atoms with Gasteiger partial charge in [0.05, 0.1) is 5.22 Å². The van der Waals surface area contributed by atoms with Crippen molar-refractivity contribution in [2.75, 3.05) is 7.05 Å². The van der Waals surface area contributed by atoms with E-state index in [-0.39, 0.29) is 4.59 Å². The maximum Gasteiger partial charge on any atom is 0.479 e. The van der Waals surface area contributed by atoms with Gasteiger partial charge in [0.1, 0.15) is 7.05 Å². The Morgan fingerprint density at radius 2 is 2.50 bits per heavy atom. The van der Waals surface area contributed by atoms with Gasteiger partial charge in [0.2, 0.25) is 6.34 Å². The third-order valence-electron chi connectivity index (χ3n) is 0.739. The second-order valence-corrected chi connectivity index (χ2v) is 1.53. The zero-order valence-corrected chi connectivity index (χ0v) is 4.27. The summed E-state index contributed by atoms with van der Waals surface area (Å²) in [4.78, 5) is 9.93. The average molecular weight is 112 g/mol. The van der Waals surface area contributed by atoms with Gasteiger partial charge in [-0.2, -0.15) is 0 Å². The Labute approximate surface area is 45.9 Å². The van der Waals surface area contributed by atoms with Crippen molar-refractivity contribution in [2.45, 2.75) is 0 Å². The lowest BCUT2D eigenvalue weighted by Gasteiger charge is -2.00. The Hall–Kier alpha value is -1.10. The first kappa shape index (κ1) is 5.04. The van der Waals surface area contributed by atoms with Gasteiger partial charge >= 0.3 is 6.41 Å². The van der Waals surface area contributed by atoms with Crippen LogP contribution in [0.1, 0.15) is 0 Å². The smallest absolute Gasteiger partial charge is 0.211 e. The Morgan fingerprint density at radius 3 is 2.75 bits per heavy atom. The van der Waals surface area contributed by atoms with Gasteiger partial charge in [-0.15, -0.1) is 0 Å². The number of quaternary nitrogens is 1. The van der Waals surface area contributed by atoms with Gasteiger partial charge in [0, 0.05) is 5.22 Å². The summed E-state index contributed by atoms with van der Waals surface area (Å²) in [7, 11) is 1.52. The molecule has 0 saturated carbocycles. The summed E-state index contributed by atoms with van der Waals surface area (Å²) in [6.45, 7) is 0. The lowest BCUT2D eigenvalue weighted by Crippen LogP contribution is -2.32. The highest BCUT2D eigenvalue weighted by Crippen LogP contribution is 2.01. The number of rotatable bonds is 1. The van der Waals surface area contributed by atoms with Crippen molar-refractivity contribution < 1.29 is 9.39 Å². The number of carbonyl (C=O) groups excluding carboxylic acids is 1. The van der Waals surface area contributed by atoms with E-state index >= 15 is 0 Å². The van der Waals surface area contributed by atoms with Gasteiger partial charge in [-0.3, -0.25) is 0 Å². The number of hydrogen-bond acceptors (Lipinski definition) is 4. The highest BCUT2D eigenvalue weighted by atomic mass is 16.2. The van der Waals surface area contributed by atoms with Gasteiger partial charge in [0.25, 0.3) is 0 Å². The topological polar surface area (TPSA) is 54.1 Å². The fourth-order valence-electron chi connectivity index (χ4n) is 0.295. The van der Waals surface area contributed by atoms with Crippen molar-refractivity contribution in [3.05, 3.63) is 0 Å². The van der Waals surface area contributed by atoms with Gasteiger partial charge in [-0.25, -0.2) is 4.79 Å². The van der Waals surface area contributed by atoms with Crippen molar-refractivity contribution in [3.63, 3.8) is 0 Å². The first-order valence-electron chi connectivity index (χ1n) is 1.99. The van der Waals surface area contributed by atoms with Gasteiger partial charge in [-0.05, 0) is 0 Å². The minimum Gasteiger partial charge on any atom is -0.211 e. The molecule has 8 heavy (non-hydrogen) atoms. The largest absolute Gasteiger partial charge is 0.479 e. The van der Waals surface area contributed by atoms with E-state index in [1.54, 1.807) is 6.41 Å². The molecule has 41 valence electrons. The van der Waals surface area contributed by atoms with Crippen molar-refractivity contribution >= 4 is 12.7 Å². The van der Waals surface area contributed by atoms with Gasteiger partial charge in [-0.1, -0.05) is 9.69 Å². The fourth-order valence-corrected chi connectivity index (χ4v) is 0.295. The first-order chi connectivity index (χ1) is 3.77. The molecule has 0 spiro atoms. The summed E-state index contributed by atoms with van der Waals surface area (Å²) in [5.41, 5.74) is 0. The molecule has 1 aliphatic heterocycles. The summed E-state index contributed by atoms with van der Waals surface area (Å²) < 4.78 is -0.319. The SMILES string of the molecule is C[N+]1([C]=O)C=NN=N1. The molecule has 0 aromatic carbocycles. The predicted octanol–water partition coefficient (Wildman–Crippen LogP) is -0.176. The highest BCUT2D eigenvalue weighted by Gasteiger charge is 2.24. The maximum atomic E-state index is 9.93. The standard InChI is InChI=1S/C3H4N4O/c1-7(3-8)2-4-5-6-7/h2H,1H3/q+1. The lowest BCUT2D eigenvalue weighted by molar-refractivity contribution is -0.722. The van der Waals surface area contributed by atoms with Crippen molar-refractivity contribution in [1.82, 2.24) is 0 Å². The molecule has 1 unspecified atom stereocenters. The lowest BCUT2D eigenvalue weighted by atomic mass is 10.9. The predicted molar refractivity (Wildman–Crippen MR) is 25.2 cm³/mol. The maximum absolute atomic E-state index is 9.93. The second kappa shape index (κ2) is 1.45. The van der Waals surface area contributed by atoms with Crippen molar-refractivity contribution in [2.24, 2.45) is 15.5 Å².